The molecule has 0 atom stereocenters. The van der Waals surface area contributed by atoms with Crippen molar-refractivity contribution in [2.75, 3.05) is 30.8 Å². The average Bonchev–Trinajstić information content (AvgIpc) is 2.77. The highest BCUT2D eigenvalue weighted by molar-refractivity contribution is 7.18. The summed E-state index contributed by atoms with van der Waals surface area (Å²) in [5.41, 5.74) is 5.83. The highest BCUT2D eigenvalue weighted by Crippen LogP contribution is 2.29. The normalized spacial score (nSPS) is 21.4. The van der Waals surface area contributed by atoms with E-state index in [4.69, 9.17) is 10.5 Å². The van der Waals surface area contributed by atoms with Gasteiger partial charge in [0, 0.05) is 26.2 Å². The SMILES string of the molecule is CCOC1CC(NC(=O)c2sc(N(C)CC)nc2N)C1. The van der Waals surface area contributed by atoms with Gasteiger partial charge in [0.15, 0.2) is 5.13 Å². The van der Waals surface area contributed by atoms with Crippen LogP contribution in [0.1, 0.15) is 36.4 Å². The van der Waals surface area contributed by atoms with Gasteiger partial charge in [0.05, 0.1) is 6.10 Å². The molecule has 112 valence electrons. The van der Waals surface area contributed by atoms with Gasteiger partial charge < -0.3 is 20.7 Å². The summed E-state index contributed by atoms with van der Waals surface area (Å²) in [5.74, 6) is 0.180. The quantitative estimate of drug-likeness (QED) is 0.831. The largest absolute Gasteiger partial charge is 0.382 e. The van der Waals surface area contributed by atoms with Crippen LogP contribution >= 0.6 is 11.3 Å². The molecule has 20 heavy (non-hydrogen) atoms. The standard InChI is InChI=1S/C13H22N4O2S/c1-4-17(3)13-16-11(14)10(20-13)12(18)15-8-6-9(7-8)19-5-2/h8-9H,4-7,14H2,1-3H3,(H,15,18). The molecule has 1 aliphatic carbocycles. The minimum Gasteiger partial charge on any atom is -0.382 e. The molecule has 0 aromatic carbocycles. The lowest BCUT2D eigenvalue weighted by molar-refractivity contribution is -0.00858. The minimum absolute atomic E-state index is 0.129. The van der Waals surface area contributed by atoms with Crippen LogP contribution in [0.2, 0.25) is 0 Å². The molecule has 1 saturated carbocycles. The first kappa shape index (κ1) is 15.1. The van der Waals surface area contributed by atoms with Crippen molar-refractivity contribution in [3.63, 3.8) is 0 Å². The number of amides is 1. The predicted octanol–water partition coefficient (Wildman–Crippen LogP) is 1.48. The summed E-state index contributed by atoms with van der Waals surface area (Å²) in [6, 6.07) is 0.188. The topological polar surface area (TPSA) is 80.5 Å². The fourth-order valence-corrected chi connectivity index (χ4v) is 3.00. The summed E-state index contributed by atoms with van der Waals surface area (Å²) < 4.78 is 5.48. The number of nitrogen functional groups attached to an aromatic ring is 1. The number of ether oxygens (including phenoxy) is 1. The van der Waals surface area contributed by atoms with E-state index in [1.807, 2.05) is 25.8 Å². The molecule has 2 rings (SSSR count). The maximum atomic E-state index is 12.2. The Hall–Kier alpha value is -1.34. The molecule has 6 nitrogen and oxygen atoms in total. The molecule has 0 spiro atoms. The molecule has 0 bridgehead atoms. The van der Waals surface area contributed by atoms with E-state index in [1.165, 1.54) is 11.3 Å². The molecule has 1 aromatic rings. The third-order valence-corrected chi connectivity index (χ3v) is 4.67. The van der Waals surface area contributed by atoms with E-state index in [0.29, 0.717) is 10.7 Å². The van der Waals surface area contributed by atoms with Gasteiger partial charge in [0.25, 0.3) is 5.91 Å². The van der Waals surface area contributed by atoms with E-state index in [0.717, 1.165) is 31.1 Å². The Balaban J connectivity index is 1.92. The van der Waals surface area contributed by atoms with Gasteiger partial charge in [-0.15, -0.1) is 0 Å². The van der Waals surface area contributed by atoms with Crippen molar-refractivity contribution in [3.8, 4) is 0 Å². The summed E-state index contributed by atoms with van der Waals surface area (Å²) in [6.07, 6.45) is 2.03. The third kappa shape index (κ3) is 3.21. The molecule has 1 heterocycles. The monoisotopic (exact) mass is 298 g/mol. The van der Waals surface area contributed by atoms with Crippen LogP contribution in [0.25, 0.3) is 0 Å². The van der Waals surface area contributed by atoms with Crippen molar-refractivity contribution >= 4 is 28.2 Å². The van der Waals surface area contributed by atoms with Gasteiger partial charge >= 0.3 is 0 Å². The lowest BCUT2D eigenvalue weighted by Gasteiger charge is -2.35. The molecule has 0 saturated heterocycles. The molecule has 1 amide bonds. The number of nitrogens with one attached hydrogen (secondary N) is 1. The summed E-state index contributed by atoms with van der Waals surface area (Å²) in [5, 5.41) is 3.76. The zero-order valence-electron chi connectivity index (χ0n) is 12.2. The summed E-state index contributed by atoms with van der Waals surface area (Å²) >= 11 is 1.33. The molecule has 0 unspecified atom stereocenters. The van der Waals surface area contributed by atoms with Crippen LogP contribution in [0.5, 0.6) is 0 Å². The number of hydrogen-bond acceptors (Lipinski definition) is 6. The maximum Gasteiger partial charge on any atom is 0.265 e. The van der Waals surface area contributed by atoms with Gasteiger partial charge in [0.2, 0.25) is 0 Å². The number of rotatable bonds is 6. The first-order chi connectivity index (χ1) is 9.55. The molecule has 0 aliphatic heterocycles. The molecule has 0 radical (unpaired) electrons. The van der Waals surface area contributed by atoms with Crippen LogP contribution in [-0.2, 0) is 4.74 Å². The fraction of sp³-hybridized carbons (Fsp3) is 0.692. The van der Waals surface area contributed by atoms with Gasteiger partial charge in [-0.2, -0.15) is 0 Å². The maximum absolute atomic E-state index is 12.2. The van der Waals surface area contributed by atoms with E-state index in [-0.39, 0.29) is 18.1 Å². The van der Waals surface area contributed by atoms with E-state index in [9.17, 15) is 4.79 Å². The number of thiazole rings is 1. The Morgan fingerprint density at radius 1 is 1.55 bits per heavy atom. The minimum atomic E-state index is -0.129. The molecular formula is C13H22N4O2S. The zero-order chi connectivity index (χ0) is 14.7. The van der Waals surface area contributed by atoms with Crippen molar-refractivity contribution in [2.24, 2.45) is 0 Å². The predicted molar refractivity (Wildman–Crippen MR) is 81.4 cm³/mol. The van der Waals surface area contributed by atoms with Gasteiger partial charge in [-0.3, -0.25) is 4.79 Å². The lowest BCUT2D eigenvalue weighted by atomic mass is 9.89. The van der Waals surface area contributed by atoms with E-state index >= 15 is 0 Å². The molecule has 7 heteroatoms. The van der Waals surface area contributed by atoms with Gasteiger partial charge in [-0.1, -0.05) is 11.3 Å². The summed E-state index contributed by atoms with van der Waals surface area (Å²) in [7, 11) is 1.93. The molecule has 1 aromatic heterocycles. The van der Waals surface area contributed by atoms with Crippen LogP contribution in [0.3, 0.4) is 0 Å². The highest BCUT2D eigenvalue weighted by atomic mass is 32.1. The number of carbonyl (C=O) groups is 1. The Morgan fingerprint density at radius 2 is 2.25 bits per heavy atom. The van der Waals surface area contributed by atoms with Crippen LogP contribution in [-0.4, -0.2) is 43.2 Å². The molecule has 1 aliphatic rings. The summed E-state index contributed by atoms with van der Waals surface area (Å²) in [4.78, 5) is 18.9. The number of anilines is 2. The molecular weight excluding hydrogens is 276 g/mol. The first-order valence-electron chi connectivity index (χ1n) is 6.95. The number of carbonyl (C=O) groups excluding carboxylic acids is 1. The second-order valence-electron chi connectivity index (χ2n) is 4.94. The Kier molecular flexibility index (Phi) is 4.82. The number of aromatic nitrogens is 1. The third-order valence-electron chi connectivity index (χ3n) is 3.48. The molecule has 1 fully saturated rings. The fourth-order valence-electron chi connectivity index (χ4n) is 2.09. The Morgan fingerprint density at radius 3 is 2.85 bits per heavy atom. The number of hydrogen-bond donors (Lipinski definition) is 2. The van der Waals surface area contributed by atoms with Crippen LogP contribution in [0.4, 0.5) is 10.9 Å². The summed E-state index contributed by atoms with van der Waals surface area (Å²) in [6.45, 7) is 5.56. The zero-order valence-corrected chi connectivity index (χ0v) is 13.0. The van der Waals surface area contributed by atoms with Gasteiger partial charge in [-0.25, -0.2) is 4.98 Å². The van der Waals surface area contributed by atoms with Crippen LogP contribution in [0.15, 0.2) is 0 Å². The van der Waals surface area contributed by atoms with Crippen molar-refractivity contribution in [1.29, 1.82) is 0 Å². The Labute approximate surface area is 123 Å². The van der Waals surface area contributed by atoms with Crippen molar-refractivity contribution in [2.45, 2.75) is 38.8 Å². The van der Waals surface area contributed by atoms with E-state index in [2.05, 4.69) is 10.3 Å². The van der Waals surface area contributed by atoms with Crippen molar-refractivity contribution < 1.29 is 9.53 Å². The molecule has 3 N–H and O–H groups in total. The van der Waals surface area contributed by atoms with Crippen molar-refractivity contribution in [1.82, 2.24) is 10.3 Å². The van der Waals surface area contributed by atoms with Crippen molar-refractivity contribution in [3.05, 3.63) is 4.88 Å². The van der Waals surface area contributed by atoms with Crippen LogP contribution < -0.4 is 16.0 Å². The van der Waals surface area contributed by atoms with Gasteiger partial charge in [-0.05, 0) is 26.7 Å². The van der Waals surface area contributed by atoms with Gasteiger partial charge in [0.1, 0.15) is 10.7 Å². The van der Waals surface area contributed by atoms with E-state index in [1.54, 1.807) is 0 Å². The second-order valence-corrected chi connectivity index (χ2v) is 5.92. The number of nitrogens with zero attached hydrogens (tertiary/aromatic N) is 2. The second kappa shape index (κ2) is 6.41. The van der Waals surface area contributed by atoms with Crippen LogP contribution in [0, 0.1) is 0 Å². The van der Waals surface area contributed by atoms with E-state index < -0.39 is 0 Å². The highest BCUT2D eigenvalue weighted by Gasteiger charge is 2.31. The lowest BCUT2D eigenvalue weighted by Crippen LogP contribution is -2.47. The average molecular weight is 298 g/mol. The number of nitrogens with two attached hydrogens (primary N) is 1. The Bertz CT molecular complexity index is 471. The first-order valence-corrected chi connectivity index (χ1v) is 7.76. The smallest absolute Gasteiger partial charge is 0.265 e.